The Bertz CT molecular complexity index is 685. The largest absolute Gasteiger partial charge is 0.399 e. The molecule has 0 saturated carbocycles. The molecule has 5 heteroatoms. The third-order valence-electron chi connectivity index (χ3n) is 3.15. The van der Waals surface area contributed by atoms with E-state index < -0.39 is 16.0 Å². The van der Waals surface area contributed by atoms with Crippen molar-refractivity contribution in [2.75, 3.05) is 11.1 Å². The summed E-state index contributed by atoms with van der Waals surface area (Å²) >= 11 is 0. The number of nitrogen functional groups attached to an aromatic ring is 1. The van der Waals surface area contributed by atoms with Crippen LogP contribution in [0.3, 0.4) is 0 Å². The Labute approximate surface area is 126 Å². The first-order valence-electron chi connectivity index (χ1n) is 6.61. The Morgan fingerprint density at radius 3 is 2.57 bits per heavy atom. The second-order valence-corrected chi connectivity index (χ2v) is 6.56. The van der Waals surface area contributed by atoms with Crippen LogP contribution >= 0.6 is 0 Å². The summed E-state index contributed by atoms with van der Waals surface area (Å²) in [5, 5.41) is 2.09. The van der Waals surface area contributed by atoms with Gasteiger partial charge in [0.05, 0.1) is 10.8 Å². The maximum atomic E-state index is 12.5. The quantitative estimate of drug-likeness (QED) is 0.853. The normalized spacial score (nSPS) is 13.4. The van der Waals surface area contributed by atoms with Gasteiger partial charge in [-0.25, -0.2) is 0 Å². The zero-order valence-electron chi connectivity index (χ0n) is 12.0. The van der Waals surface area contributed by atoms with Gasteiger partial charge in [0.25, 0.3) is 0 Å². The molecule has 0 heterocycles. The van der Waals surface area contributed by atoms with Gasteiger partial charge in [0.1, 0.15) is 5.25 Å². The van der Waals surface area contributed by atoms with Crippen LogP contribution in [0.1, 0.15) is 12.5 Å². The van der Waals surface area contributed by atoms with Crippen molar-refractivity contribution in [2.24, 2.45) is 0 Å². The van der Waals surface area contributed by atoms with E-state index in [1.165, 1.54) is 0 Å². The van der Waals surface area contributed by atoms with Crippen LogP contribution < -0.4 is 11.1 Å². The zero-order valence-corrected chi connectivity index (χ0v) is 12.8. The molecule has 0 aromatic heterocycles. The predicted octanol–water partition coefficient (Wildman–Crippen LogP) is 2.71. The molecule has 3 N–H and O–H groups in total. The van der Waals surface area contributed by atoms with Crippen molar-refractivity contribution in [3.05, 3.63) is 54.1 Å². The summed E-state index contributed by atoms with van der Waals surface area (Å²) < 4.78 is 12.5. The van der Waals surface area contributed by atoms with Crippen molar-refractivity contribution in [2.45, 2.75) is 24.0 Å². The maximum absolute atomic E-state index is 12.5. The van der Waals surface area contributed by atoms with Crippen LogP contribution in [0.5, 0.6) is 0 Å². The minimum atomic E-state index is -1.39. The lowest BCUT2D eigenvalue weighted by molar-refractivity contribution is -0.115. The monoisotopic (exact) mass is 302 g/mol. The minimum Gasteiger partial charge on any atom is -0.399 e. The third-order valence-corrected chi connectivity index (χ3v) is 4.90. The van der Waals surface area contributed by atoms with Gasteiger partial charge in [0.2, 0.25) is 5.91 Å². The smallest absolute Gasteiger partial charge is 0.240 e. The fourth-order valence-electron chi connectivity index (χ4n) is 1.93. The van der Waals surface area contributed by atoms with Gasteiger partial charge in [-0.1, -0.05) is 24.3 Å². The molecule has 1 amide bonds. The van der Waals surface area contributed by atoms with Gasteiger partial charge in [0, 0.05) is 16.3 Å². The highest BCUT2D eigenvalue weighted by molar-refractivity contribution is 7.86. The molecule has 0 aliphatic rings. The van der Waals surface area contributed by atoms with E-state index in [2.05, 4.69) is 5.32 Å². The summed E-state index contributed by atoms with van der Waals surface area (Å²) in [6.07, 6.45) is 0. The molecule has 2 atom stereocenters. The van der Waals surface area contributed by atoms with Crippen molar-refractivity contribution in [3.8, 4) is 0 Å². The average molecular weight is 302 g/mol. The van der Waals surface area contributed by atoms with Crippen LogP contribution in [0.15, 0.2) is 53.4 Å². The van der Waals surface area contributed by atoms with E-state index in [4.69, 9.17) is 5.73 Å². The average Bonchev–Trinajstić information content (AvgIpc) is 2.46. The van der Waals surface area contributed by atoms with Crippen LogP contribution in [0.25, 0.3) is 0 Å². The van der Waals surface area contributed by atoms with E-state index in [1.807, 2.05) is 25.1 Å². The van der Waals surface area contributed by atoms with Crippen LogP contribution in [-0.2, 0) is 15.6 Å². The molecule has 2 aromatic rings. The summed E-state index contributed by atoms with van der Waals surface area (Å²) in [5.41, 5.74) is 7.76. The van der Waals surface area contributed by atoms with Crippen molar-refractivity contribution in [1.82, 2.24) is 0 Å². The van der Waals surface area contributed by atoms with Crippen LogP contribution in [0, 0.1) is 6.92 Å². The third kappa shape index (κ3) is 3.70. The molecule has 2 unspecified atom stereocenters. The van der Waals surface area contributed by atoms with Gasteiger partial charge >= 0.3 is 0 Å². The van der Waals surface area contributed by atoms with Gasteiger partial charge < -0.3 is 11.1 Å². The Balaban J connectivity index is 2.12. The standard InChI is InChI=1S/C16H18N2O2S/c1-11-6-3-4-9-15(11)21(20)12(2)16(19)18-14-8-5-7-13(17)10-14/h3-10,12H,17H2,1-2H3,(H,18,19). The first kappa shape index (κ1) is 15.3. The van der Waals surface area contributed by atoms with E-state index >= 15 is 0 Å². The van der Waals surface area contributed by atoms with E-state index in [0.717, 1.165) is 5.56 Å². The number of anilines is 2. The molecule has 0 fully saturated rings. The lowest BCUT2D eigenvalue weighted by Gasteiger charge is -2.14. The molecule has 0 radical (unpaired) electrons. The number of aryl methyl sites for hydroxylation is 1. The van der Waals surface area contributed by atoms with Gasteiger partial charge in [-0.2, -0.15) is 0 Å². The number of carbonyl (C=O) groups is 1. The SMILES string of the molecule is Cc1ccccc1S(=O)C(C)C(=O)Nc1cccc(N)c1. The van der Waals surface area contributed by atoms with Gasteiger partial charge in [-0.3, -0.25) is 9.00 Å². The van der Waals surface area contributed by atoms with Crippen molar-refractivity contribution in [1.29, 1.82) is 0 Å². The molecule has 0 spiro atoms. The lowest BCUT2D eigenvalue weighted by atomic mass is 10.2. The van der Waals surface area contributed by atoms with Crippen molar-refractivity contribution >= 4 is 28.1 Å². The molecule has 0 saturated heterocycles. The van der Waals surface area contributed by atoms with E-state index in [1.54, 1.807) is 37.3 Å². The van der Waals surface area contributed by atoms with Crippen LogP contribution in [-0.4, -0.2) is 15.4 Å². The number of rotatable bonds is 4. The molecule has 110 valence electrons. The fourth-order valence-corrected chi connectivity index (χ4v) is 3.16. The number of hydrogen-bond donors (Lipinski definition) is 2. The minimum absolute atomic E-state index is 0.290. The van der Waals surface area contributed by atoms with Gasteiger partial charge in [-0.15, -0.1) is 0 Å². The molecular weight excluding hydrogens is 284 g/mol. The number of nitrogens with one attached hydrogen (secondary N) is 1. The highest BCUT2D eigenvalue weighted by Crippen LogP contribution is 2.18. The van der Waals surface area contributed by atoms with Crippen LogP contribution in [0.4, 0.5) is 11.4 Å². The number of amides is 1. The summed E-state index contributed by atoms with van der Waals surface area (Å²) in [6.45, 7) is 3.54. The molecule has 2 rings (SSSR count). The number of nitrogens with two attached hydrogens (primary N) is 1. The number of hydrogen-bond acceptors (Lipinski definition) is 3. The molecule has 21 heavy (non-hydrogen) atoms. The lowest BCUT2D eigenvalue weighted by Crippen LogP contribution is -2.29. The van der Waals surface area contributed by atoms with Crippen LogP contribution in [0.2, 0.25) is 0 Å². The topological polar surface area (TPSA) is 72.2 Å². The summed E-state index contributed by atoms with van der Waals surface area (Å²) in [7, 11) is -1.39. The molecular formula is C16H18N2O2S. The fraction of sp³-hybridized carbons (Fsp3) is 0.188. The van der Waals surface area contributed by atoms with Crippen molar-refractivity contribution in [3.63, 3.8) is 0 Å². The predicted molar refractivity (Wildman–Crippen MR) is 86.5 cm³/mol. The van der Waals surface area contributed by atoms with E-state index in [9.17, 15) is 9.00 Å². The van der Waals surface area contributed by atoms with Crippen molar-refractivity contribution < 1.29 is 9.00 Å². The zero-order chi connectivity index (χ0) is 15.4. The van der Waals surface area contributed by atoms with Gasteiger partial charge in [0.15, 0.2) is 0 Å². The highest BCUT2D eigenvalue weighted by Gasteiger charge is 2.22. The molecule has 2 aromatic carbocycles. The maximum Gasteiger partial charge on any atom is 0.240 e. The Morgan fingerprint density at radius 1 is 1.19 bits per heavy atom. The molecule has 0 bridgehead atoms. The van der Waals surface area contributed by atoms with E-state index in [0.29, 0.717) is 16.3 Å². The molecule has 4 nitrogen and oxygen atoms in total. The summed E-state index contributed by atoms with van der Waals surface area (Å²) in [5.74, 6) is -0.290. The Hall–Kier alpha value is -2.14. The highest BCUT2D eigenvalue weighted by atomic mass is 32.2. The summed E-state index contributed by atoms with van der Waals surface area (Å²) in [4.78, 5) is 12.9. The second kappa shape index (κ2) is 6.54. The van der Waals surface area contributed by atoms with E-state index in [-0.39, 0.29) is 5.91 Å². The first-order valence-corrected chi connectivity index (χ1v) is 7.83. The molecule has 0 aliphatic carbocycles. The number of benzene rings is 2. The molecule has 0 aliphatic heterocycles. The number of carbonyl (C=O) groups excluding carboxylic acids is 1. The summed E-state index contributed by atoms with van der Waals surface area (Å²) in [6, 6.07) is 14.3. The second-order valence-electron chi connectivity index (χ2n) is 4.82. The first-order chi connectivity index (χ1) is 9.99. The van der Waals surface area contributed by atoms with Gasteiger partial charge in [-0.05, 0) is 43.7 Å². The Morgan fingerprint density at radius 2 is 1.90 bits per heavy atom. The Kier molecular flexibility index (Phi) is 4.75.